The number of aliphatic imine (C=N–C) groups is 1. The molecule has 2 aromatic carbocycles. The van der Waals surface area contributed by atoms with Crippen molar-refractivity contribution in [3.05, 3.63) is 95.9 Å². The van der Waals surface area contributed by atoms with Gasteiger partial charge in [0.05, 0.1) is 23.3 Å². The minimum absolute atomic E-state index is 0. The summed E-state index contributed by atoms with van der Waals surface area (Å²) in [4.78, 5) is 19.9. The van der Waals surface area contributed by atoms with E-state index in [0.29, 0.717) is 11.3 Å². The number of fused-ring (bicyclic) bond motifs is 1. The first-order chi connectivity index (χ1) is 16.6. The van der Waals surface area contributed by atoms with E-state index in [1.807, 2.05) is 42.5 Å². The van der Waals surface area contributed by atoms with Gasteiger partial charge in [0.15, 0.2) is 5.82 Å². The molecule has 0 fully saturated rings. The molecule has 0 aliphatic rings. The van der Waals surface area contributed by atoms with Crippen molar-refractivity contribution in [2.45, 2.75) is 13.5 Å². The topological polar surface area (TPSA) is 133 Å². The molecule has 5 rings (SSSR count). The van der Waals surface area contributed by atoms with Crippen LogP contribution in [0.4, 0.5) is 5.69 Å². The van der Waals surface area contributed by atoms with E-state index in [-0.39, 0.29) is 46.4 Å². The van der Waals surface area contributed by atoms with Crippen LogP contribution in [0.25, 0.3) is 22.6 Å². The van der Waals surface area contributed by atoms with Gasteiger partial charge in [0.25, 0.3) is 0 Å². The summed E-state index contributed by atoms with van der Waals surface area (Å²) in [7, 11) is 0. The maximum absolute atomic E-state index is 11.9. The van der Waals surface area contributed by atoms with Gasteiger partial charge in [-0.1, -0.05) is 47.9 Å². The molecule has 3 heterocycles. The van der Waals surface area contributed by atoms with E-state index in [0.717, 1.165) is 22.6 Å². The molecule has 8 nitrogen and oxygen atoms in total. The third-order valence-corrected chi connectivity index (χ3v) is 5.00. The Balaban J connectivity index is 0.000000194. The minimum Gasteiger partial charge on any atom is -0.871 e. The van der Waals surface area contributed by atoms with Gasteiger partial charge in [-0.25, -0.2) is 4.98 Å². The fourth-order valence-corrected chi connectivity index (χ4v) is 3.19. The molecule has 0 aliphatic carbocycles. The summed E-state index contributed by atoms with van der Waals surface area (Å²) < 4.78 is 0. The summed E-state index contributed by atoms with van der Waals surface area (Å²) >= 11 is 0. The van der Waals surface area contributed by atoms with Crippen LogP contribution in [0.2, 0.25) is 0 Å². The maximum Gasteiger partial charge on any atom is 2.00 e. The van der Waals surface area contributed by atoms with Crippen LogP contribution in [-0.4, -0.2) is 31.3 Å². The molecule has 179 valence electrons. The van der Waals surface area contributed by atoms with Crippen LogP contribution < -0.4 is 10.2 Å². The van der Waals surface area contributed by atoms with E-state index in [4.69, 9.17) is 0 Å². The zero-order valence-corrected chi connectivity index (χ0v) is 19.6. The van der Waals surface area contributed by atoms with E-state index in [1.165, 1.54) is 18.5 Å². The molecule has 5 aromatic rings. The summed E-state index contributed by atoms with van der Waals surface area (Å²) in [6, 6.07) is 20.0. The number of aromatic amines is 1. The van der Waals surface area contributed by atoms with Gasteiger partial charge in [-0.3, -0.25) is 15.0 Å². The molecule has 0 saturated carbocycles. The number of aliphatic hydroxyl groups excluding tert-OH is 1. The maximum atomic E-state index is 11.9. The fraction of sp³-hybridized carbons (Fsp3) is 0.0769. The average molecular weight is 515 g/mol. The van der Waals surface area contributed by atoms with E-state index < -0.39 is 0 Å². The zero-order valence-electron chi connectivity index (χ0n) is 18.6. The predicted molar refractivity (Wildman–Crippen MR) is 127 cm³/mol. The van der Waals surface area contributed by atoms with Gasteiger partial charge in [-0.2, -0.15) is 0 Å². The normalized spacial score (nSPS) is 10.6. The van der Waals surface area contributed by atoms with Crippen LogP contribution in [0.15, 0.2) is 84.1 Å². The van der Waals surface area contributed by atoms with Gasteiger partial charge in [0.1, 0.15) is 5.69 Å². The first kappa shape index (κ1) is 25.6. The summed E-state index contributed by atoms with van der Waals surface area (Å²) in [5.74, 6) is 0.304. The molecule has 0 bridgehead atoms. The molecule has 3 aromatic heterocycles. The number of rotatable bonds is 4. The molecule has 0 unspecified atom stereocenters. The van der Waals surface area contributed by atoms with E-state index >= 15 is 0 Å². The van der Waals surface area contributed by atoms with Gasteiger partial charge >= 0.3 is 17.1 Å². The van der Waals surface area contributed by atoms with Crippen LogP contribution in [0.5, 0.6) is 11.5 Å². The number of benzene rings is 2. The van der Waals surface area contributed by atoms with Crippen molar-refractivity contribution in [3.63, 3.8) is 0 Å². The third kappa shape index (κ3) is 6.10. The number of nitrogens with one attached hydrogen (secondary N) is 1. The monoisotopic (exact) mass is 514 g/mol. The van der Waals surface area contributed by atoms with Crippen LogP contribution >= 0.6 is 0 Å². The second kappa shape index (κ2) is 11.9. The van der Waals surface area contributed by atoms with Gasteiger partial charge in [-0.15, -0.1) is 0 Å². The molecule has 0 atom stereocenters. The van der Waals surface area contributed by atoms with Crippen LogP contribution in [0, 0.1) is 6.92 Å². The Hall–Kier alpha value is -4.04. The number of aryl methyl sites for hydroxylation is 1. The number of imidazole rings is 1. The second-order valence-corrected chi connectivity index (χ2v) is 7.31. The molecule has 0 spiro atoms. The number of nitrogens with zero attached hydrogens (tertiary/aromatic N) is 4. The van der Waals surface area contributed by atoms with Crippen molar-refractivity contribution in [3.8, 4) is 23.0 Å². The Labute approximate surface area is 212 Å². The van der Waals surface area contributed by atoms with Gasteiger partial charge in [0, 0.05) is 29.9 Å². The van der Waals surface area contributed by atoms with Crippen molar-refractivity contribution in [2.24, 2.45) is 4.99 Å². The molecule has 0 aliphatic heterocycles. The Morgan fingerprint density at radius 2 is 1.71 bits per heavy atom. The average Bonchev–Trinajstić information content (AvgIpc) is 3.31. The molecule has 1 radical (unpaired) electrons. The predicted octanol–water partition coefficient (Wildman–Crippen LogP) is 3.40. The Kier molecular flexibility index (Phi) is 8.69. The van der Waals surface area contributed by atoms with E-state index in [2.05, 4.69) is 24.9 Å². The fourth-order valence-electron chi connectivity index (χ4n) is 3.19. The van der Waals surface area contributed by atoms with Crippen molar-refractivity contribution >= 4 is 22.9 Å². The largest absolute Gasteiger partial charge is 2.00 e. The minimum atomic E-state index is -0.303. The first-order valence-electron chi connectivity index (χ1n) is 10.5. The molecule has 9 heteroatoms. The van der Waals surface area contributed by atoms with Crippen molar-refractivity contribution in [1.82, 2.24) is 19.9 Å². The SMILES string of the molecule is Cc1ncc(CO)c(C=Nc2ccccc2[O-])c1[O-].[Cu+2].c1ccc(-c2nc3ccccc3[nH]2)nc1. The summed E-state index contributed by atoms with van der Waals surface area (Å²) in [5.41, 5.74) is 4.11. The molecule has 2 N–H and O–H groups in total. The Bertz CT molecular complexity index is 1400. The number of hydrogen-bond acceptors (Lipinski definition) is 7. The Morgan fingerprint density at radius 1 is 0.971 bits per heavy atom. The molecular formula is C26H21CuN5O3. The quantitative estimate of drug-likeness (QED) is 0.279. The van der Waals surface area contributed by atoms with Crippen LogP contribution in [0.3, 0.4) is 0 Å². The standard InChI is InChI=1S/C14H14N2O3.C12H9N3.Cu/c1-9-14(19)11(10(8-17)6-15-9)7-16-12-4-2-3-5-13(12)18;1-2-6-10-9(5-1)14-12(15-10)11-7-3-4-8-13-11;/h2-7,17-19H,8H2,1H3;1-8H,(H,14,15);/q;;+2/p-2. The van der Waals surface area contributed by atoms with Crippen LogP contribution in [0.1, 0.15) is 16.8 Å². The molecular weight excluding hydrogens is 494 g/mol. The van der Waals surface area contributed by atoms with Crippen molar-refractivity contribution < 1.29 is 32.4 Å². The summed E-state index contributed by atoms with van der Waals surface area (Å²) in [6.45, 7) is 1.28. The Morgan fingerprint density at radius 3 is 2.43 bits per heavy atom. The smallest absolute Gasteiger partial charge is 0.871 e. The van der Waals surface area contributed by atoms with E-state index in [9.17, 15) is 15.3 Å². The zero-order chi connectivity index (χ0) is 23.9. The number of hydrogen-bond donors (Lipinski definition) is 2. The van der Waals surface area contributed by atoms with Crippen molar-refractivity contribution in [1.29, 1.82) is 0 Å². The number of para-hydroxylation sites is 4. The van der Waals surface area contributed by atoms with Crippen molar-refractivity contribution in [2.75, 3.05) is 0 Å². The van der Waals surface area contributed by atoms with Gasteiger partial charge in [0.2, 0.25) is 0 Å². The van der Waals surface area contributed by atoms with Crippen LogP contribution in [-0.2, 0) is 23.7 Å². The van der Waals surface area contributed by atoms with E-state index in [1.54, 1.807) is 31.3 Å². The molecule has 0 amide bonds. The van der Waals surface area contributed by atoms with Gasteiger partial charge < -0.3 is 20.3 Å². The summed E-state index contributed by atoms with van der Waals surface area (Å²) in [6.07, 6.45) is 4.50. The number of aliphatic hydroxyl groups is 1. The number of aromatic nitrogens is 4. The molecule has 35 heavy (non-hydrogen) atoms. The first-order valence-corrected chi connectivity index (χ1v) is 10.5. The second-order valence-electron chi connectivity index (χ2n) is 7.31. The number of H-pyrrole nitrogens is 1. The van der Waals surface area contributed by atoms with Gasteiger partial charge in [-0.05, 0) is 42.8 Å². The summed E-state index contributed by atoms with van der Waals surface area (Å²) in [5, 5.41) is 32.6. The molecule has 0 saturated heterocycles. The number of pyridine rings is 2. The third-order valence-electron chi connectivity index (χ3n) is 5.00.